The van der Waals surface area contributed by atoms with E-state index >= 15 is 0 Å². The Labute approximate surface area is 187 Å². The zero-order valence-corrected chi connectivity index (χ0v) is 18.6. The van der Waals surface area contributed by atoms with Gasteiger partial charge in [0.2, 0.25) is 0 Å². The van der Waals surface area contributed by atoms with Gasteiger partial charge in [-0.05, 0) is 26.0 Å². The van der Waals surface area contributed by atoms with E-state index in [-0.39, 0.29) is 11.9 Å². The highest BCUT2D eigenvalue weighted by Crippen LogP contribution is 2.40. The Morgan fingerprint density at radius 1 is 1.26 bits per heavy atom. The Morgan fingerprint density at radius 2 is 1.97 bits per heavy atom. The van der Waals surface area contributed by atoms with Gasteiger partial charge in [0.05, 0.1) is 17.3 Å². The summed E-state index contributed by atoms with van der Waals surface area (Å²) in [7, 11) is 0. The fourth-order valence-corrected chi connectivity index (χ4v) is 4.62. The molecule has 8 nitrogen and oxygen atoms in total. The molecule has 1 spiro atoms. The van der Waals surface area contributed by atoms with E-state index in [0.29, 0.717) is 56.3 Å². The van der Waals surface area contributed by atoms with E-state index < -0.39 is 11.7 Å². The third-order valence-corrected chi connectivity index (χ3v) is 6.51. The lowest BCUT2D eigenvalue weighted by molar-refractivity contribution is -0.179. The number of nitrogens with zero attached hydrogens (tertiary/aromatic N) is 4. The van der Waals surface area contributed by atoms with Gasteiger partial charge in [0.1, 0.15) is 11.4 Å². The summed E-state index contributed by atoms with van der Waals surface area (Å²) in [6.07, 6.45) is 4.24. The van der Waals surface area contributed by atoms with Gasteiger partial charge in [-0.15, -0.1) is 0 Å². The van der Waals surface area contributed by atoms with Crippen molar-refractivity contribution >= 4 is 29.2 Å². The van der Waals surface area contributed by atoms with Crippen LogP contribution in [-0.4, -0.2) is 63.6 Å². The molecule has 9 heteroatoms. The number of likely N-dealkylation sites (tertiary alicyclic amines) is 1. The highest BCUT2D eigenvalue weighted by Gasteiger charge is 2.48. The van der Waals surface area contributed by atoms with E-state index in [9.17, 15) is 9.59 Å². The van der Waals surface area contributed by atoms with E-state index in [4.69, 9.17) is 16.3 Å². The van der Waals surface area contributed by atoms with Crippen molar-refractivity contribution in [1.29, 1.82) is 0 Å². The summed E-state index contributed by atoms with van der Waals surface area (Å²) < 4.78 is 8.48. The largest absolute Gasteiger partial charge is 0.352 e. The normalized spacial score (nSPS) is 19.7. The van der Waals surface area contributed by atoms with Crippen LogP contribution >= 0.6 is 11.6 Å². The minimum atomic E-state index is -0.670. The summed E-state index contributed by atoms with van der Waals surface area (Å²) in [6, 6.07) is 6.97. The number of fused-ring (bicyclic) bond motifs is 2. The van der Waals surface area contributed by atoms with Crippen molar-refractivity contribution in [3.8, 4) is 0 Å². The summed E-state index contributed by atoms with van der Waals surface area (Å²) >= 11 is 6.16. The maximum absolute atomic E-state index is 13.0. The molecule has 2 aromatic rings. The Morgan fingerprint density at radius 3 is 2.65 bits per heavy atom. The second-order valence-electron chi connectivity index (χ2n) is 7.91. The van der Waals surface area contributed by atoms with E-state index in [0.717, 1.165) is 5.82 Å². The average Bonchev–Trinajstić information content (AvgIpc) is 3.26. The number of carbonyl (C=O) groups excluding carboxylic acids is 2. The van der Waals surface area contributed by atoms with Gasteiger partial charge in [0.15, 0.2) is 6.10 Å². The molecule has 0 bridgehead atoms. The van der Waals surface area contributed by atoms with Crippen molar-refractivity contribution < 1.29 is 14.3 Å². The average molecular weight is 446 g/mol. The standard InChI is InChI=1S/C22H28ClN5O3/c1-3-26(4-2)19(29)18-15-28-14-11-24-20(28)22(31-18)9-12-27(13-10-22)21(30)25-17-8-6-5-7-16(17)23/h5-8,11,14,18H,3-4,9-10,12-13,15H2,1-2H3,(H,25,30)/t18-/m1/s1. The van der Waals surface area contributed by atoms with E-state index in [1.165, 1.54) is 0 Å². The van der Waals surface area contributed by atoms with Crippen LogP contribution in [0.4, 0.5) is 10.5 Å². The molecule has 0 aliphatic carbocycles. The number of para-hydroxylation sites is 1. The van der Waals surface area contributed by atoms with Crippen LogP contribution in [0.15, 0.2) is 36.7 Å². The summed E-state index contributed by atoms with van der Waals surface area (Å²) in [4.78, 5) is 33.9. The summed E-state index contributed by atoms with van der Waals surface area (Å²) in [5.74, 6) is 0.838. The number of rotatable bonds is 4. The molecule has 1 fully saturated rings. The Balaban J connectivity index is 1.48. The Hall–Kier alpha value is -2.58. The molecular formula is C22H28ClN5O3. The van der Waals surface area contributed by atoms with Gasteiger partial charge in [-0.25, -0.2) is 9.78 Å². The summed E-state index contributed by atoms with van der Waals surface area (Å²) in [5.41, 5.74) is -0.0834. The van der Waals surface area contributed by atoms with Crippen molar-refractivity contribution in [1.82, 2.24) is 19.4 Å². The Bertz CT molecular complexity index is 950. The third kappa shape index (κ3) is 4.14. The minimum absolute atomic E-state index is 0.00242. The zero-order chi connectivity index (χ0) is 22.0. The fourth-order valence-electron chi connectivity index (χ4n) is 4.43. The van der Waals surface area contributed by atoms with Crippen LogP contribution in [0.1, 0.15) is 32.5 Å². The fraction of sp³-hybridized carbons (Fsp3) is 0.500. The molecule has 0 saturated carbocycles. The van der Waals surface area contributed by atoms with Crippen molar-refractivity contribution in [3.63, 3.8) is 0 Å². The van der Waals surface area contributed by atoms with Crippen LogP contribution < -0.4 is 5.32 Å². The number of carbonyl (C=O) groups is 2. The summed E-state index contributed by atoms with van der Waals surface area (Å²) in [6.45, 7) is 6.69. The van der Waals surface area contributed by atoms with Crippen molar-refractivity contribution in [2.45, 2.75) is 44.9 Å². The number of amides is 3. The number of imidazole rings is 1. The molecule has 1 N–H and O–H groups in total. The predicted molar refractivity (Wildman–Crippen MR) is 118 cm³/mol. The number of aromatic nitrogens is 2. The van der Waals surface area contributed by atoms with Gasteiger partial charge in [-0.2, -0.15) is 0 Å². The molecule has 166 valence electrons. The molecule has 3 heterocycles. The number of nitrogens with one attached hydrogen (secondary N) is 1. The topological polar surface area (TPSA) is 79.7 Å². The van der Waals surface area contributed by atoms with Crippen molar-refractivity contribution in [2.24, 2.45) is 0 Å². The highest BCUT2D eigenvalue weighted by molar-refractivity contribution is 6.33. The molecule has 2 aliphatic heterocycles. The lowest BCUT2D eigenvalue weighted by atomic mass is 9.88. The molecule has 3 amide bonds. The van der Waals surface area contributed by atoms with Crippen molar-refractivity contribution in [3.05, 3.63) is 47.5 Å². The zero-order valence-electron chi connectivity index (χ0n) is 17.9. The second-order valence-corrected chi connectivity index (χ2v) is 8.32. The third-order valence-electron chi connectivity index (χ3n) is 6.18. The number of piperidine rings is 1. The van der Waals surface area contributed by atoms with Gasteiger partial charge < -0.3 is 24.4 Å². The number of urea groups is 1. The number of anilines is 1. The number of hydrogen-bond acceptors (Lipinski definition) is 4. The first-order chi connectivity index (χ1) is 15.0. The minimum Gasteiger partial charge on any atom is -0.352 e. The van der Waals surface area contributed by atoms with Crippen LogP contribution in [0.2, 0.25) is 5.02 Å². The van der Waals surface area contributed by atoms with Crippen LogP contribution in [0, 0.1) is 0 Å². The first kappa shape index (κ1) is 21.6. The monoisotopic (exact) mass is 445 g/mol. The van der Waals surface area contributed by atoms with Crippen LogP contribution in [0.3, 0.4) is 0 Å². The smallest absolute Gasteiger partial charge is 0.321 e. The number of likely N-dealkylation sites (N-methyl/N-ethyl adjacent to an activating group) is 1. The number of benzene rings is 1. The lowest BCUT2D eigenvalue weighted by Gasteiger charge is -2.46. The first-order valence-electron chi connectivity index (χ1n) is 10.8. The molecule has 4 rings (SSSR count). The maximum atomic E-state index is 13.0. The van der Waals surface area contributed by atoms with Crippen LogP contribution in [0.25, 0.3) is 0 Å². The van der Waals surface area contributed by atoms with Gasteiger partial charge in [0, 0.05) is 51.4 Å². The van der Waals surface area contributed by atoms with Gasteiger partial charge in [-0.1, -0.05) is 23.7 Å². The second kappa shape index (κ2) is 8.88. The molecule has 0 unspecified atom stereocenters. The first-order valence-corrected chi connectivity index (χ1v) is 11.1. The summed E-state index contributed by atoms with van der Waals surface area (Å²) in [5, 5.41) is 3.37. The van der Waals surface area contributed by atoms with E-state index in [1.807, 2.05) is 36.7 Å². The van der Waals surface area contributed by atoms with Crippen LogP contribution in [0.5, 0.6) is 0 Å². The molecule has 31 heavy (non-hydrogen) atoms. The predicted octanol–water partition coefficient (Wildman–Crippen LogP) is 3.33. The SMILES string of the molecule is CCN(CC)C(=O)[C@H]1Cn2ccnc2C2(CCN(C(=O)Nc3ccccc3Cl)CC2)O1. The highest BCUT2D eigenvalue weighted by atomic mass is 35.5. The quantitative estimate of drug-likeness (QED) is 0.782. The molecule has 0 radical (unpaired) electrons. The van der Waals surface area contributed by atoms with Crippen molar-refractivity contribution in [2.75, 3.05) is 31.5 Å². The number of hydrogen-bond donors (Lipinski definition) is 1. The molecule has 1 saturated heterocycles. The van der Waals surface area contributed by atoms with E-state index in [2.05, 4.69) is 10.3 Å². The van der Waals surface area contributed by atoms with Gasteiger partial charge in [-0.3, -0.25) is 4.79 Å². The molecule has 1 aromatic carbocycles. The number of halogens is 1. The maximum Gasteiger partial charge on any atom is 0.321 e. The molecule has 2 aliphatic rings. The van der Waals surface area contributed by atoms with E-state index in [1.54, 1.807) is 28.1 Å². The lowest BCUT2D eigenvalue weighted by Crippen LogP contribution is -2.55. The Kier molecular flexibility index (Phi) is 6.20. The van der Waals surface area contributed by atoms with Gasteiger partial charge >= 0.3 is 6.03 Å². The van der Waals surface area contributed by atoms with Crippen LogP contribution in [-0.2, 0) is 21.7 Å². The molecule has 1 aromatic heterocycles. The van der Waals surface area contributed by atoms with Gasteiger partial charge in [0.25, 0.3) is 5.91 Å². The molecular weight excluding hydrogens is 418 g/mol. The molecule has 1 atom stereocenters. The number of ether oxygens (including phenoxy) is 1.